The molecule has 1 aromatic carbocycles. The summed E-state index contributed by atoms with van der Waals surface area (Å²) in [5, 5.41) is 3.53. The summed E-state index contributed by atoms with van der Waals surface area (Å²) >= 11 is 6.03. The number of benzene rings is 1. The van der Waals surface area contributed by atoms with Gasteiger partial charge in [-0.2, -0.15) is 0 Å². The zero-order valence-electron chi connectivity index (χ0n) is 12.0. The van der Waals surface area contributed by atoms with E-state index < -0.39 is 0 Å². The summed E-state index contributed by atoms with van der Waals surface area (Å²) in [7, 11) is 3.62. The largest absolute Gasteiger partial charge is 0.495 e. The Morgan fingerprint density at radius 1 is 1.50 bits per heavy atom. The highest BCUT2D eigenvalue weighted by atomic mass is 127. The van der Waals surface area contributed by atoms with Gasteiger partial charge in [-0.3, -0.25) is 4.99 Å². The van der Waals surface area contributed by atoms with Crippen molar-refractivity contribution in [2.45, 2.75) is 6.92 Å². The molecule has 0 aliphatic carbocycles. The Kier molecular flexibility index (Phi) is 9.70. The molecule has 7 heteroatoms. The third-order valence-corrected chi connectivity index (χ3v) is 3.02. The van der Waals surface area contributed by atoms with Gasteiger partial charge in [0.2, 0.25) is 0 Å². The van der Waals surface area contributed by atoms with Gasteiger partial charge >= 0.3 is 0 Å². The van der Waals surface area contributed by atoms with Crippen LogP contribution in [0.5, 0.6) is 5.75 Å². The molecule has 0 atom stereocenters. The predicted octanol–water partition coefficient (Wildman–Crippen LogP) is 2.64. The monoisotopic (exact) mass is 412 g/mol. The van der Waals surface area contributed by atoms with Crippen molar-refractivity contribution in [3.63, 3.8) is 0 Å². The van der Waals surface area contributed by atoms with E-state index >= 15 is 0 Å². The van der Waals surface area contributed by atoms with Crippen molar-refractivity contribution in [3.8, 4) is 5.75 Å². The topological polar surface area (TPSA) is 62.9 Å². The van der Waals surface area contributed by atoms with Gasteiger partial charge in [0.15, 0.2) is 5.96 Å². The molecule has 20 heavy (non-hydrogen) atoms. The Morgan fingerprint density at radius 2 is 2.20 bits per heavy atom. The fraction of sp³-hybridized carbons (Fsp3) is 0.462. The molecule has 0 fully saturated rings. The van der Waals surface area contributed by atoms with E-state index in [4.69, 9.17) is 22.1 Å². The number of anilines is 1. The van der Waals surface area contributed by atoms with Crippen LogP contribution in [0.1, 0.15) is 6.92 Å². The average molecular weight is 413 g/mol. The highest BCUT2D eigenvalue weighted by molar-refractivity contribution is 14.0. The maximum absolute atomic E-state index is 6.03. The molecule has 0 aliphatic heterocycles. The molecule has 1 rings (SSSR count). The summed E-state index contributed by atoms with van der Waals surface area (Å²) in [5.41, 5.74) is 6.59. The minimum Gasteiger partial charge on any atom is -0.495 e. The minimum absolute atomic E-state index is 0. The fourth-order valence-electron chi connectivity index (χ4n) is 1.43. The molecule has 0 saturated carbocycles. The molecule has 0 bridgehead atoms. The molecule has 0 heterocycles. The van der Waals surface area contributed by atoms with Crippen LogP contribution in [0.4, 0.5) is 5.69 Å². The zero-order valence-corrected chi connectivity index (χ0v) is 15.1. The lowest BCUT2D eigenvalue weighted by atomic mass is 10.3. The Morgan fingerprint density at radius 3 is 2.75 bits per heavy atom. The van der Waals surface area contributed by atoms with Crippen molar-refractivity contribution < 1.29 is 4.74 Å². The smallest absolute Gasteiger partial charge is 0.193 e. The van der Waals surface area contributed by atoms with Gasteiger partial charge in [0, 0.05) is 12.2 Å². The lowest BCUT2D eigenvalue weighted by Gasteiger charge is -2.12. The van der Waals surface area contributed by atoms with Gasteiger partial charge in [0.1, 0.15) is 5.75 Å². The number of halogens is 2. The van der Waals surface area contributed by atoms with Crippen LogP contribution < -0.4 is 15.8 Å². The normalized spacial score (nSPS) is 11.2. The molecule has 3 N–H and O–H groups in total. The first-order chi connectivity index (χ1) is 9.06. The quantitative estimate of drug-likeness (QED) is 0.428. The molecular weight excluding hydrogens is 391 g/mol. The van der Waals surface area contributed by atoms with Crippen molar-refractivity contribution >= 4 is 47.2 Å². The number of hydrogen-bond donors (Lipinski definition) is 2. The second kappa shape index (κ2) is 10.1. The second-order valence-corrected chi connectivity index (χ2v) is 4.54. The number of guanidine groups is 1. The first kappa shape index (κ1) is 19.3. The standard InChI is InChI=1S/C13H21ClN4O.HI/c1-4-18(2)8-7-16-13(15)17-10-5-6-12(19-3)11(14)9-10;/h5-6,9H,4,7-8H2,1-3H3,(H3,15,16,17);1H. The third-order valence-electron chi connectivity index (χ3n) is 2.73. The molecule has 1 aromatic rings. The molecule has 0 aromatic heterocycles. The van der Waals surface area contributed by atoms with Gasteiger partial charge < -0.3 is 20.7 Å². The molecule has 0 spiro atoms. The highest BCUT2D eigenvalue weighted by Gasteiger charge is 2.02. The van der Waals surface area contributed by atoms with Gasteiger partial charge in [0.05, 0.1) is 18.7 Å². The maximum atomic E-state index is 6.03. The van der Waals surface area contributed by atoms with Crippen LogP contribution in [0, 0.1) is 0 Å². The average Bonchev–Trinajstić information content (AvgIpc) is 2.38. The predicted molar refractivity (Wildman–Crippen MR) is 96.7 cm³/mol. The van der Waals surface area contributed by atoms with Crippen molar-refractivity contribution in [2.24, 2.45) is 10.7 Å². The molecule has 0 unspecified atom stereocenters. The number of nitrogens with one attached hydrogen (secondary N) is 1. The third kappa shape index (κ3) is 6.62. The van der Waals surface area contributed by atoms with Gasteiger partial charge in [-0.05, 0) is 31.8 Å². The fourth-order valence-corrected chi connectivity index (χ4v) is 1.69. The van der Waals surface area contributed by atoms with E-state index in [0.717, 1.165) is 18.8 Å². The summed E-state index contributed by atoms with van der Waals surface area (Å²) in [4.78, 5) is 6.41. The zero-order chi connectivity index (χ0) is 14.3. The van der Waals surface area contributed by atoms with E-state index in [1.54, 1.807) is 19.2 Å². The van der Waals surface area contributed by atoms with Gasteiger partial charge in [0.25, 0.3) is 0 Å². The molecule has 0 amide bonds. The molecule has 0 saturated heterocycles. The summed E-state index contributed by atoms with van der Waals surface area (Å²) < 4.78 is 5.08. The van der Waals surface area contributed by atoms with Crippen LogP contribution in [0.2, 0.25) is 5.02 Å². The SMILES string of the molecule is CCN(C)CCN=C(N)Nc1ccc(OC)c(Cl)c1.I. The van der Waals surface area contributed by atoms with Crippen molar-refractivity contribution in [1.82, 2.24) is 4.90 Å². The number of hydrogen-bond acceptors (Lipinski definition) is 3. The van der Waals surface area contributed by atoms with E-state index in [1.165, 1.54) is 0 Å². The van der Waals surface area contributed by atoms with Crippen LogP contribution in [-0.4, -0.2) is 44.7 Å². The number of nitrogens with zero attached hydrogens (tertiary/aromatic N) is 2. The maximum Gasteiger partial charge on any atom is 0.193 e. The lowest BCUT2D eigenvalue weighted by molar-refractivity contribution is 0.363. The Bertz CT molecular complexity index is 442. The Balaban J connectivity index is 0.00000361. The number of rotatable bonds is 6. The summed E-state index contributed by atoms with van der Waals surface area (Å²) in [6.45, 7) is 4.64. The van der Waals surface area contributed by atoms with Gasteiger partial charge in [-0.25, -0.2) is 0 Å². The van der Waals surface area contributed by atoms with E-state index in [9.17, 15) is 0 Å². The van der Waals surface area contributed by atoms with Crippen molar-refractivity contribution in [2.75, 3.05) is 39.1 Å². The van der Waals surface area contributed by atoms with E-state index in [1.807, 2.05) is 13.1 Å². The first-order valence-electron chi connectivity index (χ1n) is 6.15. The summed E-state index contributed by atoms with van der Waals surface area (Å²) in [5.74, 6) is 1.01. The van der Waals surface area contributed by atoms with Crippen LogP contribution in [0.3, 0.4) is 0 Å². The Labute approximate surface area is 142 Å². The van der Waals surface area contributed by atoms with Crippen LogP contribution in [0.25, 0.3) is 0 Å². The Hall–Kier alpha value is -0.730. The first-order valence-corrected chi connectivity index (χ1v) is 6.53. The van der Waals surface area contributed by atoms with Crippen LogP contribution in [-0.2, 0) is 0 Å². The van der Waals surface area contributed by atoms with Crippen molar-refractivity contribution in [1.29, 1.82) is 0 Å². The lowest BCUT2D eigenvalue weighted by Crippen LogP contribution is -2.26. The van der Waals surface area contributed by atoms with Crippen LogP contribution in [0.15, 0.2) is 23.2 Å². The molecule has 0 radical (unpaired) electrons. The van der Waals surface area contributed by atoms with Gasteiger partial charge in [-0.1, -0.05) is 18.5 Å². The van der Waals surface area contributed by atoms with Crippen molar-refractivity contribution in [3.05, 3.63) is 23.2 Å². The molecule has 5 nitrogen and oxygen atoms in total. The van der Waals surface area contributed by atoms with Gasteiger partial charge in [-0.15, -0.1) is 24.0 Å². The molecule has 114 valence electrons. The minimum atomic E-state index is 0. The summed E-state index contributed by atoms with van der Waals surface area (Å²) in [6.07, 6.45) is 0. The van der Waals surface area contributed by atoms with Crippen LogP contribution >= 0.6 is 35.6 Å². The summed E-state index contributed by atoms with van der Waals surface area (Å²) in [6, 6.07) is 5.37. The molecule has 0 aliphatic rings. The van der Waals surface area contributed by atoms with E-state index in [2.05, 4.69) is 22.1 Å². The number of aliphatic imine (C=N–C) groups is 1. The highest BCUT2D eigenvalue weighted by Crippen LogP contribution is 2.26. The number of nitrogens with two attached hydrogens (primary N) is 1. The second-order valence-electron chi connectivity index (χ2n) is 4.14. The van der Waals surface area contributed by atoms with E-state index in [-0.39, 0.29) is 24.0 Å². The number of likely N-dealkylation sites (N-methyl/N-ethyl adjacent to an activating group) is 1. The number of methoxy groups -OCH3 is 1. The molecular formula is C13H22ClIN4O. The number of ether oxygens (including phenoxy) is 1. The van der Waals surface area contributed by atoms with E-state index in [0.29, 0.717) is 23.3 Å².